The molecule has 13 heavy (non-hydrogen) atoms. The van der Waals surface area contributed by atoms with Crippen LogP contribution in [0.3, 0.4) is 0 Å². The second-order valence-electron chi connectivity index (χ2n) is 4.16. The van der Waals surface area contributed by atoms with Gasteiger partial charge in [-0.3, -0.25) is 4.90 Å². The topological polar surface area (TPSA) is 16.1 Å². The first-order chi connectivity index (χ1) is 6.43. The monoisotopic (exact) mass is 194 g/mol. The molecule has 2 bridgehead atoms. The number of fused-ring (bicyclic) bond motifs is 3. The second kappa shape index (κ2) is 3.07. The Balaban J connectivity index is 1.85. The zero-order valence-electron chi connectivity index (χ0n) is 7.65. The molecule has 3 aliphatic heterocycles. The normalized spacial score (nSPS) is 38.0. The first-order valence-electron chi connectivity index (χ1n) is 5.08. The highest BCUT2D eigenvalue weighted by Gasteiger charge is 2.34. The zero-order chi connectivity index (χ0) is 8.67. The summed E-state index contributed by atoms with van der Waals surface area (Å²) < 4.78 is 4.46. The van der Waals surface area contributed by atoms with Crippen molar-refractivity contribution in [3.63, 3.8) is 0 Å². The Labute approximate surface area is 82.7 Å². The molecule has 70 valence electrons. The Hall–Kier alpha value is -0.410. The van der Waals surface area contributed by atoms with Crippen LogP contribution in [0.15, 0.2) is 11.4 Å². The van der Waals surface area contributed by atoms with E-state index in [0.717, 1.165) is 5.92 Å². The van der Waals surface area contributed by atoms with E-state index in [0.29, 0.717) is 6.04 Å². The third-order valence-electron chi connectivity index (χ3n) is 3.45. The summed E-state index contributed by atoms with van der Waals surface area (Å²) >= 11 is 1.58. The second-order valence-corrected chi connectivity index (χ2v) is 4.82. The Morgan fingerprint density at radius 1 is 1.38 bits per heavy atom. The van der Waals surface area contributed by atoms with Crippen LogP contribution in [0.2, 0.25) is 0 Å². The molecule has 1 aromatic heterocycles. The molecule has 1 atom stereocenters. The minimum absolute atomic E-state index is 0.652. The zero-order valence-corrected chi connectivity index (χ0v) is 8.46. The molecule has 4 heterocycles. The SMILES string of the molecule is c1cc(C2CC3CCN2CC3)ns1. The van der Waals surface area contributed by atoms with Gasteiger partial charge in [0.05, 0.1) is 11.7 Å². The molecule has 2 nitrogen and oxygen atoms in total. The first-order valence-corrected chi connectivity index (χ1v) is 5.91. The van der Waals surface area contributed by atoms with Crippen molar-refractivity contribution >= 4 is 11.5 Å². The lowest BCUT2D eigenvalue weighted by atomic mass is 9.82. The van der Waals surface area contributed by atoms with Gasteiger partial charge in [-0.25, -0.2) is 0 Å². The summed E-state index contributed by atoms with van der Waals surface area (Å²) in [4.78, 5) is 2.61. The summed E-state index contributed by atoms with van der Waals surface area (Å²) in [6, 6.07) is 2.84. The molecule has 3 aliphatic rings. The fraction of sp³-hybridized carbons (Fsp3) is 0.700. The molecule has 3 saturated heterocycles. The van der Waals surface area contributed by atoms with Crippen molar-refractivity contribution in [2.75, 3.05) is 13.1 Å². The van der Waals surface area contributed by atoms with Crippen LogP contribution in [0.5, 0.6) is 0 Å². The Bertz CT molecular complexity index is 275. The molecule has 0 saturated carbocycles. The maximum atomic E-state index is 4.46. The van der Waals surface area contributed by atoms with E-state index < -0.39 is 0 Å². The summed E-state index contributed by atoms with van der Waals surface area (Å²) in [6.45, 7) is 2.60. The highest BCUT2D eigenvalue weighted by atomic mass is 32.1. The lowest BCUT2D eigenvalue weighted by Crippen LogP contribution is -2.43. The molecule has 0 amide bonds. The number of rotatable bonds is 1. The van der Waals surface area contributed by atoms with Gasteiger partial charge in [-0.15, -0.1) is 0 Å². The van der Waals surface area contributed by atoms with Gasteiger partial charge in [0, 0.05) is 5.38 Å². The maximum absolute atomic E-state index is 4.46. The van der Waals surface area contributed by atoms with Gasteiger partial charge < -0.3 is 0 Å². The van der Waals surface area contributed by atoms with E-state index in [4.69, 9.17) is 0 Å². The van der Waals surface area contributed by atoms with Crippen molar-refractivity contribution in [3.05, 3.63) is 17.1 Å². The van der Waals surface area contributed by atoms with Crippen molar-refractivity contribution in [2.45, 2.75) is 25.3 Å². The summed E-state index contributed by atoms with van der Waals surface area (Å²) in [7, 11) is 0. The number of piperidine rings is 3. The molecular formula is C10H14N2S. The largest absolute Gasteiger partial charge is 0.295 e. The average Bonchev–Trinajstić information content (AvgIpc) is 2.72. The van der Waals surface area contributed by atoms with Gasteiger partial charge in [0.15, 0.2) is 0 Å². The molecule has 0 aliphatic carbocycles. The standard InChI is InChI=1S/C10H14N2S/c1-4-12-5-2-8(1)7-10(12)9-3-6-13-11-9/h3,6,8,10H,1-2,4-5,7H2. The molecule has 1 aromatic rings. The van der Waals surface area contributed by atoms with E-state index in [9.17, 15) is 0 Å². The number of nitrogens with zero attached hydrogens (tertiary/aromatic N) is 2. The minimum atomic E-state index is 0.652. The van der Waals surface area contributed by atoms with Crippen LogP contribution < -0.4 is 0 Å². The van der Waals surface area contributed by atoms with Gasteiger partial charge in [0.25, 0.3) is 0 Å². The van der Waals surface area contributed by atoms with Crippen LogP contribution >= 0.6 is 11.5 Å². The lowest BCUT2D eigenvalue weighted by molar-refractivity contribution is 0.0473. The maximum Gasteiger partial charge on any atom is 0.0713 e. The van der Waals surface area contributed by atoms with Crippen molar-refractivity contribution in [1.82, 2.24) is 9.27 Å². The number of hydrogen-bond donors (Lipinski definition) is 0. The van der Waals surface area contributed by atoms with Gasteiger partial charge in [-0.05, 0) is 55.9 Å². The van der Waals surface area contributed by atoms with E-state index >= 15 is 0 Å². The third kappa shape index (κ3) is 1.30. The molecule has 4 rings (SSSR count). The predicted molar refractivity (Wildman–Crippen MR) is 53.8 cm³/mol. The summed E-state index contributed by atoms with van der Waals surface area (Å²) in [5.41, 5.74) is 1.31. The summed E-state index contributed by atoms with van der Waals surface area (Å²) in [5, 5.41) is 2.10. The van der Waals surface area contributed by atoms with Crippen LogP contribution in [0, 0.1) is 5.92 Å². The Morgan fingerprint density at radius 2 is 2.23 bits per heavy atom. The van der Waals surface area contributed by atoms with Crippen molar-refractivity contribution in [1.29, 1.82) is 0 Å². The molecule has 0 spiro atoms. The highest BCUT2D eigenvalue weighted by molar-refractivity contribution is 7.03. The fourth-order valence-corrected chi connectivity index (χ4v) is 3.23. The van der Waals surface area contributed by atoms with Gasteiger partial charge in [-0.1, -0.05) is 0 Å². The molecule has 3 fully saturated rings. The smallest absolute Gasteiger partial charge is 0.0713 e. The van der Waals surface area contributed by atoms with Crippen molar-refractivity contribution in [2.24, 2.45) is 5.92 Å². The van der Waals surface area contributed by atoms with Gasteiger partial charge >= 0.3 is 0 Å². The fourth-order valence-electron chi connectivity index (χ4n) is 2.67. The van der Waals surface area contributed by atoms with E-state index in [2.05, 4.69) is 20.7 Å². The van der Waals surface area contributed by atoms with E-state index in [1.54, 1.807) is 11.5 Å². The lowest BCUT2D eigenvalue weighted by Gasteiger charge is -2.44. The Morgan fingerprint density at radius 3 is 2.77 bits per heavy atom. The minimum Gasteiger partial charge on any atom is -0.295 e. The van der Waals surface area contributed by atoms with Gasteiger partial charge in [0.1, 0.15) is 0 Å². The molecular weight excluding hydrogens is 180 g/mol. The molecule has 0 N–H and O–H groups in total. The van der Waals surface area contributed by atoms with Crippen LogP contribution in [0.25, 0.3) is 0 Å². The molecule has 0 radical (unpaired) electrons. The van der Waals surface area contributed by atoms with Crippen LogP contribution in [0.4, 0.5) is 0 Å². The number of aromatic nitrogens is 1. The van der Waals surface area contributed by atoms with Crippen molar-refractivity contribution in [3.8, 4) is 0 Å². The van der Waals surface area contributed by atoms with Crippen LogP contribution in [0.1, 0.15) is 31.0 Å². The summed E-state index contributed by atoms with van der Waals surface area (Å²) in [5.74, 6) is 0.983. The molecule has 3 heteroatoms. The third-order valence-corrected chi connectivity index (χ3v) is 4.02. The van der Waals surface area contributed by atoms with E-state index in [1.165, 1.54) is 38.0 Å². The highest BCUT2D eigenvalue weighted by Crippen LogP contribution is 2.39. The van der Waals surface area contributed by atoms with Crippen LogP contribution in [-0.4, -0.2) is 22.4 Å². The first kappa shape index (κ1) is 7.94. The quantitative estimate of drug-likeness (QED) is 0.682. The number of hydrogen-bond acceptors (Lipinski definition) is 3. The average molecular weight is 194 g/mol. The molecule has 1 unspecified atom stereocenters. The van der Waals surface area contributed by atoms with E-state index in [1.807, 2.05) is 0 Å². The van der Waals surface area contributed by atoms with Crippen LogP contribution in [-0.2, 0) is 0 Å². The van der Waals surface area contributed by atoms with E-state index in [-0.39, 0.29) is 0 Å². The predicted octanol–water partition coefficient (Wildman–Crippen LogP) is 2.30. The van der Waals surface area contributed by atoms with Crippen molar-refractivity contribution < 1.29 is 0 Å². The molecule has 0 aromatic carbocycles. The summed E-state index contributed by atoms with van der Waals surface area (Å²) in [6.07, 6.45) is 4.19. The van der Waals surface area contributed by atoms with Gasteiger partial charge in [0.2, 0.25) is 0 Å². The van der Waals surface area contributed by atoms with Gasteiger partial charge in [-0.2, -0.15) is 4.37 Å². The Kier molecular flexibility index (Phi) is 1.87.